The number of nitrogens with zero attached hydrogens (tertiary/aromatic N) is 1. The minimum Gasteiger partial charge on any atom is -0.313 e. The summed E-state index contributed by atoms with van der Waals surface area (Å²) in [4.78, 5) is 4.23. The molecule has 0 saturated heterocycles. The van der Waals surface area contributed by atoms with Crippen LogP contribution in [0, 0.1) is 17.6 Å². The Labute approximate surface area is 160 Å². The first-order valence-corrected chi connectivity index (χ1v) is 10.3. The molecule has 1 saturated carbocycles. The minimum absolute atomic E-state index is 0.150. The lowest BCUT2D eigenvalue weighted by molar-refractivity contribution is 0.300. The number of hydrogen-bond acceptors (Lipinski definition) is 2. The average Bonchev–Trinajstić information content (AvgIpc) is 2.70. The first-order chi connectivity index (χ1) is 13.2. The maximum Gasteiger partial charge on any atom is 0.159 e. The van der Waals surface area contributed by atoms with Gasteiger partial charge in [0.05, 0.1) is 0 Å². The third-order valence-electron chi connectivity index (χ3n) is 6.36. The molecule has 2 aromatic rings. The normalized spacial score (nSPS) is 23.2. The van der Waals surface area contributed by atoms with Crippen molar-refractivity contribution in [3.63, 3.8) is 0 Å². The van der Waals surface area contributed by atoms with Gasteiger partial charge in [-0.2, -0.15) is 0 Å². The Bertz CT molecular complexity index is 756. The van der Waals surface area contributed by atoms with E-state index in [9.17, 15) is 8.78 Å². The zero-order chi connectivity index (χ0) is 18.6. The number of aromatic nitrogens is 1. The van der Waals surface area contributed by atoms with Gasteiger partial charge in [0.15, 0.2) is 11.6 Å². The third kappa shape index (κ3) is 4.37. The van der Waals surface area contributed by atoms with Crippen molar-refractivity contribution in [3.8, 4) is 0 Å². The third-order valence-corrected chi connectivity index (χ3v) is 6.36. The lowest BCUT2D eigenvalue weighted by Crippen LogP contribution is -2.42. The number of hydrogen-bond donors (Lipinski definition) is 1. The van der Waals surface area contributed by atoms with Crippen LogP contribution in [0.2, 0.25) is 0 Å². The number of rotatable bonds is 5. The van der Waals surface area contributed by atoms with E-state index < -0.39 is 11.6 Å². The predicted molar refractivity (Wildman–Crippen MR) is 104 cm³/mol. The summed E-state index contributed by atoms with van der Waals surface area (Å²) in [7, 11) is 0. The zero-order valence-corrected chi connectivity index (χ0v) is 15.8. The van der Waals surface area contributed by atoms with E-state index in [0.29, 0.717) is 6.04 Å². The highest BCUT2D eigenvalue weighted by atomic mass is 19.2. The van der Waals surface area contributed by atoms with Gasteiger partial charge in [0.25, 0.3) is 0 Å². The van der Waals surface area contributed by atoms with Crippen molar-refractivity contribution in [1.82, 2.24) is 10.3 Å². The smallest absolute Gasteiger partial charge is 0.159 e. The van der Waals surface area contributed by atoms with Gasteiger partial charge in [0.2, 0.25) is 0 Å². The van der Waals surface area contributed by atoms with Crippen molar-refractivity contribution < 1.29 is 8.78 Å². The molecule has 0 bridgehead atoms. The first-order valence-electron chi connectivity index (χ1n) is 10.3. The molecule has 2 atom stereocenters. The zero-order valence-electron chi connectivity index (χ0n) is 15.8. The van der Waals surface area contributed by atoms with Gasteiger partial charge in [0, 0.05) is 24.4 Å². The second kappa shape index (κ2) is 8.47. The van der Waals surface area contributed by atoms with Gasteiger partial charge in [0.1, 0.15) is 0 Å². The van der Waals surface area contributed by atoms with Gasteiger partial charge in [-0.25, -0.2) is 8.78 Å². The summed E-state index contributed by atoms with van der Waals surface area (Å²) >= 11 is 0. The molecule has 2 unspecified atom stereocenters. The van der Waals surface area contributed by atoms with Gasteiger partial charge >= 0.3 is 0 Å². The Kier molecular flexibility index (Phi) is 5.82. The summed E-state index contributed by atoms with van der Waals surface area (Å²) in [5.41, 5.74) is 3.06. The molecule has 1 aromatic heterocycles. The highest BCUT2D eigenvalue weighted by Gasteiger charge is 2.31. The van der Waals surface area contributed by atoms with Crippen LogP contribution in [0.5, 0.6) is 0 Å². The quantitative estimate of drug-likeness (QED) is 0.785. The first kappa shape index (κ1) is 18.5. The van der Waals surface area contributed by atoms with Crippen LogP contribution in [-0.4, -0.2) is 17.6 Å². The minimum atomic E-state index is -0.738. The summed E-state index contributed by atoms with van der Waals surface area (Å²) in [6.45, 7) is 1.03. The largest absolute Gasteiger partial charge is 0.313 e. The SMILES string of the molecule is Fc1cc2c(cc1F)C(Cc1cccnc1)C(NCC1CCCCC1)CC2. The summed E-state index contributed by atoms with van der Waals surface area (Å²) in [5.74, 6) is -0.568. The molecular weight excluding hydrogens is 342 g/mol. The molecule has 0 spiro atoms. The van der Waals surface area contributed by atoms with Crippen LogP contribution in [0.3, 0.4) is 0 Å². The van der Waals surface area contributed by atoms with Crippen molar-refractivity contribution in [3.05, 3.63) is 65.0 Å². The second-order valence-electron chi connectivity index (χ2n) is 8.19. The van der Waals surface area contributed by atoms with E-state index in [-0.39, 0.29) is 5.92 Å². The molecule has 4 rings (SSSR count). The topological polar surface area (TPSA) is 24.9 Å². The molecule has 0 radical (unpaired) electrons. The Morgan fingerprint density at radius 1 is 1.04 bits per heavy atom. The van der Waals surface area contributed by atoms with Crippen LogP contribution in [-0.2, 0) is 12.8 Å². The van der Waals surface area contributed by atoms with E-state index in [4.69, 9.17) is 0 Å². The second-order valence-corrected chi connectivity index (χ2v) is 8.19. The van der Waals surface area contributed by atoms with Crippen molar-refractivity contribution in [2.24, 2.45) is 5.92 Å². The molecule has 2 aliphatic rings. The Morgan fingerprint density at radius 2 is 1.85 bits per heavy atom. The van der Waals surface area contributed by atoms with E-state index in [2.05, 4.69) is 16.4 Å². The summed E-state index contributed by atoms with van der Waals surface area (Å²) in [5, 5.41) is 3.80. The standard InChI is InChI=1S/C23H28F2N2/c24-21-12-18-8-9-23(27-15-16-5-2-1-3-6-16)20(19(18)13-22(21)25)11-17-7-4-10-26-14-17/h4,7,10,12-14,16,20,23,27H,1-3,5-6,8-9,11,15H2. The maximum atomic E-state index is 14.0. The summed E-state index contributed by atoms with van der Waals surface area (Å²) < 4.78 is 27.8. The lowest BCUT2D eigenvalue weighted by atomic mass is 9.76. The van der Waals surface area contributed by atoms with Crippen LogP contribution in [0.1, 0.15) is 61.1 Å². The molecule has 27 heavy (non-hydrogen) atoms. The fourth-order valence-corrected chi connectivity index (χ4v) is 4.87. The van der Waals surface area contributed by atoms with Gasteiger partial charge in [-0.3, -0.25) is 4.98 Å². The molecule has 144 valence electrons. The van der Waals surface area contributed by atoms with Crippen LogP contribution >= 0.6 is 0 Å². The average molecular weight is 370 g/mol. The van der Waals surface area contributed by atoms with Gasteiger partial charge in [-0.15, -0.1) is 0 Å². The Hall–Kier alpha value is -1.81. The highest BCUT2D eigenvalue weighted by molar-refractivity contribution is 5.37. The Morgan fingerprint density at radius 3 is 2.63 bits per heavy atom. The molecule has 1 heterocycles. The number of benzene rings is 1. The van der Waals surface area contributed by atoms with Crippen LogP contribution in [0.4, 0.5) is 8.78 Å². The van der Waals surface area contributed by atoms with Gasteiger partial charge < -0.3 is 5.32 Å². The number of fused-ring (bicyclic) bond motifs is 1. The fraction of sp³-hybridized carbons (Fsp3) is 0.522. The monoisotopic (exact) mass is 370 g/mol. The van der Waals surface area contributed by atoms with E-state index in [1.807, 2.05) is 12.3 Å². The van der Waals surface area contributed by atoms with Crippen molar-refractivity contribution >= 4 is 0 Å². The molecule has 0 aliphatic heterocycles. The molecule has 2 nitrogen and oxygen atoms in total. The van der Waals surface area contributed by atoms with Gasteiger partial charge in [-0.1, -0.05) is 25.3 Å². The molecular formula is C23H28F2N2. The number of halogens is 2. The van der Waals surface area contributed by atoms with Crippen molar-refractivity contribution in [1.29, 1.82) is 0 Å². The van der Waals surface area contributed by atoms with E-state index >= 15 is 0 Å². The fourth-order valence-electron chi connectivity index (χ4n) is 4.87. The molecule has 2 aliphatic carbocycles. The molecule has 1 N–H and O–H groups in total. The number of pyridine rings is 1. The van der Waals surface area contributed by atoms with Crippen LogP contribution in [0.25, 0.3) is 0 Å². The molecule has 1 fully saturated rings. The maximum absolute atomic E-state index is 14.0. The van der Waals surface area contributed by atoms with Crippen LogP contribution in [0.15, 0.2) is 36.7 Å². The van der Waals surface area contributed by atoms with Crippen LogP contribution < -0.4 is 5.32 Å². The van der Waals surface area contributed by atoms with Crippen molar-refractivity contribution in [2.45, 2.75) is 63.3 Å². The summed E-state index contributed by atoms with van der Waals surface area (Å²) in [6.07, 6.45) is 12.9. The van der Waals surface area contributed by atoms with E-state index in [1.54, 1.807) is 6.20 Å². The van der Waals surface area contributed by atoms with E-state index in [0.717, 1.165) is 48.4 Å². The molecule has 1 aromatic carbocycles. The number of nitrogens with one attached hydrogen (secondary N) is 1. The van der Waals surface area contributed by atoms with E-state index in [1.165, 1.54) is 44.2 Å². The molecule has 0 amide bonds. The predicted octanol–water partition coefficient (Wildman–Crippen LogP) is 5.17. The molecule has 4 heteroatoms. The lowest BCUT2D eigenvalue weighted by Gasteiger charge is -2.36. The Balaban J connectivity index is 1.56. The van der Waals surface area contributed by atoms with Gasteiger partial charge in [-0.05, 0) is 79.5 Å². The summed E-state index contributed by atoms with van der Waals surface area (Å²) in [6, 6.07) is 7.14. The highest BCUT2D eigenvalue weighted by Crippen LogP contribution is 2.36. The van der Waals surface area contributed by atoms with Crippen molar-refractivity contribution in [2.75, 3.05) is 6.54 Å². The number of aryl methyl sites for hydroxylation is 1.